The molecule has 0 saturated heterocycles. The van der Waals surface area contributed by atoms with Crippen LogP contribution in [0.2, 0.25) is 0 Å². The Bertz CT molecular complexity index is 831. The quantitative estimate of drug-likeness (QED) is 0.415. The van der Waals surface area contributed by atoms with Crippen LogP contribution in [0, 0.1) is 6.92 Å². The first-order valence-electron chi connectivity index (χ1n) is 9.21. The SMILES string of the molecule is CN=C(NCCCS(=O)(=O)c1ccccc1)NCC(C)c1ccc(C)cc1. The van der Waals surface area contributed by atoms with Gasteiger partial charge in [0, 0.05) is 20.1 Å². The van der Waals surface area contributed by atoms with Gasteiger partial charge >= 0.3 is 0 Å². The smallest absolute Gasteiger partial charge is 0.190 e. The number of rotatable bonds is 8. The number of nitrogens with zero attached hydrogens (tertiary/aromatic N) is 1. The van der Waals surface area contributed by atoms with Gasteiger partial charge in [-0.1, -0.05) is 55.0 Å². The van der Waals surface area contributed by atoms with Crippen LogP contribution < -0.4 is 10.6 Å². The Morgan fingerprint density at radius 2 is 1.70 bits per heavy atom. The van der Waals surface area contributed by atoms with Crippen LogP contribution in [0.5, 0.6) is 0 Å². The maximum absolute atomic E-state index is 12.3. The molecule has 2 aromatic rings. The Kier molecular flexibility index (Phi) is 7.85. The fourth-order valence-corrected chi connectivity index (χ4v) is 4.03. The molecule has 2 rings (SSSR count). The molecule has 1 atom stereocenters. The summed E-state index contributed by atoms with van der Waals surface area (Å²) in [6, 6.07) is 17.1. The topological polar surface area (TPSA) is 70.6 Å². The number of sulfone groups is 1. The van der Waals surface area contributed by atoms with Gasteiger partial charge in [-0.15, -0.1) is 0 Å². The monoisotopic (exact) mass is 387 g/mol. The van der Waals surface area contributed by atoms with Crippen molar-refractivity contribution in [3.8, 4) is 0 Å². The van der Waals surface area contributed by atoms with Crippen LogP contribution in [0.15, 0.2) is 64.5 Å². The molecule has 0 heterocycles. The molecule has 0 saturated carbocycles. The van der Waals surface area contributed by atoms with Crippen molar-refractivity contribution >= 4 is 15.8 Å². The molecule has 0 aromatic heterocycles. The first-order chi connectivity index (χ1) is 12.9. The first kappa shape index (κ1) is 21.0. The van der Waals surface area contributed by atoms with E-state index in [0.29, 0.717) is 29.7 Å². The Balaban J connectivity index is 1.75. The van der Waals surface area contributed by atoms with E-state index in [-0.39, 0.29) is 5.75 Å². The second-order valence-electron chi connectivity index (χ2n) is 6.68. The minimum atomic E-state index is -3.23. The molecule has 2 aromatic carbocycles. The summed E-state index contributed by atoms with van der Waals surface area (Å²) in [6.07, 6.45) is 0.519. The third kappa shape index (κ3) is 6.71. The Morgan fingerprint density at radius 1 is 1.04 bits per heavy atom. The average molecular weight is 388 g/mol. The molecular weight excluding hydrogens is 358 g/mol. The average Bonchev–Trinajstić information content (AvgIpc) is 2.68. The molecule has 27 heavy (non-hydrogen) atoms. The first-order valence-corrected chi connectivity index (χ1v) is 10.9. The van der Waals surface area contributed by atoms with Crippen molar-refractivity contribution < 1.29 is 8.42 Å². The van der Waals surface area contributed by atoms with Crippen LogP contribution in [0.1, 0.15) is 30.4 Å². The number of nitrogens with one attached hydrogen (secondary N) is 2. The standard InChI is InChI=1S/C21H29N3O2S/c1-17-10-12-19(13-11-17)18(2)16-24-21(22-3)23-14-7-15-27(25,26)20-8-5-4-6-9-20/h4-6,8-13,18H,7,14-16H2,1-3H3,(H2,22,23,24). The number of aliphatic imine (C=N–C) groups is 1. The van der Waals surface area contributed by atoms with Gasteiger partial charge in [-0.3, -0.25) is 4.99 Å². The molecule has 0 aliphatic carbocycles. The van der Waals surface area contributed by atoms with Crippen LogP contribution in [0.4, 0.5) is 0 Å². The Morgan fingerprint density at radius 3 is 2.33 bits per heavy atom. The number of aryl methyl sites for hydroxylation is 1. The van der Waals surface area contributed by atoms with Gasteiger partial charge in [0.05, 0.1) is 10.6 Å². The third-order valence-electron chi connectivity index (χ3n) is 4.43. The van der Waals surface area contributed by atoms with E-state index in [4.69, 9.17) is 0 Å². The summed E-state index contributed by atoms with van der Waals surface area (Å²) < 4.78 is 24.5. The number of hydrogen-bond donors (Lipinski definition) is 2. The van der Waals surface area contributed by atoms with Crippen LogP contribution in [0.3, 0.4) is 0 Å². The van der Waals surface area contributed by atoms with Crippen molar-refractivity contribution in [2.45, 2.75) is 31.1 Å². The lowest BCUT2D eigenvalue weighted by atomic mass is 10.0. The van der Waals surface area contributed by atoms with Crippen LogP contribution >= 0.6 is 0 Å². The van der Waals surface area contributed by atoms with Crippen molar-refractivity contribution in [3.05, 3.63) is 65.7 Å². The summed E-state index contributed by atoms with van der Waals surface area (Å²) in [5.74, 6) is 1.15. The molecule has 6 heteroatoms. The van der Waals surface area contributed by atoms with Gasteiger partial charge < -0.3 is 10.6 Å². The highest BCUT2D eigenvalue weighted by molar-refractivity contribution is 7.91. The second kappa shape index (κ2) is 10.1. The fraction of sp³-hybridized carbons (Fsp3) is 0.381. The minimum absolute atomic E-state index is 0.112. The van der Waals surface area contributed by atoms with Gasteiger partial charge in [0.15, 0.2) is 15.8 Å². The molecule has 0 amide bonds. The van der Waals surface area contributed by atoms with Crippen molar-refractivity contribution in [3.63, 3.8) is 0 Å². The molecule has 2 N–H and O–H groups in total. The van der Waals surface area contributed by atoms with Gasteiger partial charge in [-0.2, -0.15) is 0 Å². The van der Waals surface area contributed by atoms with E-state index in [1.807, 2.05) is 6.07 Å². The highest BCUT2D eigenvalue weighted by Gasteiger charge is 2.13. The molecule has 0 bridgehead atoms. The van der Waals surface area contributed by atoms with Crippen LogP contribution in [-0.2, 0) is 9.84 Å². The normalized spacial score (nSPS) is 13.2. The zero-order chi connectivity index (χ0) is 19.7. The number of hydrogen-bond acceptors (Lipinski definition) is 3. The molecule has 1 unspecified atom stereocenters. The summed E-state index contributed by atoms with van der Waals surface area (Å²) in [7, 11) is -1.52. The van der Waals surface area contributed by atoms with E-state index in [2.05, 4.69) is 53.7 Å². The molecule has 0 aliphatic rings. The van der Waals surface area contributed by atoms with E-state index in [9.17, 15) is 8.42 Å². The predicted molar refractivity (Wildman–Crippen MR) is 112 cm³/mol. The van der Waals surface area contributed by atoms with Gasteiger partial charge in [-0.05, 0) is 37.0 Å². The van der Waals surface area contributed by atoms with Crippen molar-refractivity contribution in [2.24, 2.45) is 4.99 Å². The van der Waals surface area contributed by atoms with Crippen molar-refractivity contribution in [1.29, 1.82) is 0 Å². The summed E-state index contributed by atoms with van der Waals surface area (Å²) in [5, 5.41) is 6.48. The lowest BCUT2D eigenvalue weighted by molar-refractivity contribution is 0.592. The minimum Gasteiger partial charge on any atom is -0.356 e. The molecule has 146 valence electrons. The molecule has 0 aliphatic heterocycles. The largest absolute Gasteiger partial charge is 0.356 e. The zero-order valence-electron chi connectivity index (χ0n) is 16.3. The van der Waals surface area contributed by atoms with Crippen molar-refractivity contribution in [2.75, 3.05) is 25.9 Å². The highest BCUT2D eigenvalue weighted by atomic mass is 32.2. The van der Waals surface area contributed by atoms with E-state index < -0.39 is 9.84 Å². The highest BCUT2D eigenvalue weighted by Crippen LogP contribution is 2.14. The number of benzene rings is 2. The summed E-state index contributed by atoms with van der Waals surface area (Å²) >= 11 is 0. The van der Waals surface area contributed by atoms with Gasteiger partial charge in [0.1, 0.15) is 0 Å². The van der Waals surface area contributed by atoms with Gasteiger partial charge in [0.2, 0.25) is 0 Å². The summed E-state index contributed by atoms with van der Waals surface area (Å²) in [6.45, 7) is 5.55. The summed E-state index contributed by atoms with van der Waals surface area (Å²) in [5.41, 5.74) is 2.53. The third-order valence-corrected chi connectivity index (χ3v) is 6.25. The lowest BCUT2D eigenvalue weighted by Crippen LogP contribution is -2.39. The van der Waals surface area contributed by atoms with Gasteiger partial charge in [-0.25, -0.2) is 8.42 Å². The van der Waals surface area contributed by atoms with E-state index >= 15 is 0 Å². The maximum atomic E-state index is 12.3. The Labute approximate surface area is 162 Å². The molecule has 0 radical (unpaired) electrons. The van der Waals surface area contributed by atoms with E-state index in [0.717, 1.165) is 6.54 Å². The van der Waals surface area contributed by atoms with Crippen molar-refractivity contribution in [1.82, 2.24) is 10.6 Å². The molecule has 5 nitrogen and oxygen atoms in total. The van der Waals surface area contributed by atoms with Crippen LogP contribution in [-0.4, -0.2) is 40.3 Å². The molecular formula is C21H29N3O2S. The molecule has 0 fully saturated rings. The predicted octanol–water partition coefficient (Wildman–Crippen LogP) is 3.13. The molecule has 0 spiro atoms. The second-order valence-corrected chi connectivity index (χ2v) is 8.79. The fourth-order valence-electron chi connectivity index (χ4n) is 2.70. The van der Waals surface area contributed by atoms with E-state index in [1.165, 1.54) is 11.1 Å². The van der Waals surface area contributed by atoms with Gasteiger partial charge in [0.25, 0.3) is 0 Å². The summed E-state index contributed by atoms with van der Waals surface area (Å²) in [4.78, 5) is 4.58. The Hall–Kier alpha value is -2.34. The number of guanidine groups is 1. The van der Waals surface area contributed by atoms with E-state index in [1.54, 1.807) is 31.3 Å². The zero-order valence-corrected chi connectivity index (χ0v) is 17.1. The van der Waals surface area contributed by atoms with Crippen LogP contribution in [0.25, 0.3) is 0 Å². The maximum Gasteiger partial charge on any atom is 0.190 e. The lowest BCUT2D eigenvalue weighted by Gasteiger charge is -2.16.